The first-order valence-electron chi connectivity index (χ1n) is 9.27. The van der Waals surface area contributed by atoms with Crippen LogP contribution >= 0.6 is 11.6 Å². The monoisotopic (exact) mass is 397 g/mol. The van der Waals surface area contributed by atoms with Crippen molar-refractivity contribution in [1.82, 2.24) is 14.4 Å². The van der Waals surface area contributed by atoms with Crippen molar-refractivity contribution in [2.45, 2.75) is 6.92 Å². The Labute approximate surface area is 172 Å². The fourth-order valence-corrected chi connectivity index (χ4v) is 3.92. The number of hydrogen-bond acceptors (Lipinski definition) is 3. The Morgan fingerprint density at radius 3 is 2.07 bits per heavy atom. The van der Waals surface area contributed by atoms with E-state index in [0.29, 0.717) is 21.9 Å². The van der Waals surface area contributed by atoms with E-state index in [-0.39, 0.29) is 5.56 Å². The molecular formula is C24H16ClN3O. The number of rotatable bonds is 2. The molecule has 0 aliphatic rings. The lowest BCUT2D eigenvalue weighted by Crippen LogP contribution is -2.06. The zero-order chi connectivity index (χ0) is 20.0. The molecule has 0 saturated carbocycles. The molecule has 0 fully saturated rings. The summed E-state index contributed by atoms with van der Waals surface area (Å²) in [4.78, 5) is 22.6. The van der Waals surface area contributed by atoms with E-state index in [4.69, 9.17) is 16.6 Å². The molecule has 2 aromatic heterocycles. The van der Waals surface area contributed by atoms with E-state index in [1.807, 2.05) is 90.2 Å². The molecule has 0 amide bonds. The number of halogens is 1. The molecule has 0 aliphatic carbocycles. The summed E-state index contributed by atoms with van der Waals surface area (Å²) >= 11 is 6.32. The Balaban J connectivity index is 2.02. The number of aryl methyl sites for hydroxylation is 1. The van der Waals surface area contributed by atoms with Crippen LogP contribution in [0.1, 0.15) is 5.82 Å². The molecule has 4 nitrogen and oxygen atoms in total. The highest BCUT2D eigenvalue weighted by atomic mass is 35.5. The number of benzene rings is 3. The SMILES string of the molecule is Cc1nc(-c2ccccc2)c2c(=O)nc(-c3ccccc3)c3cc(Cl)ccc3n12. The van der Waals surface area contributed by atoms with Gasteiger partial charge in [0.15, 0.2) is 0 Å². The van der Waals surface area contributed by atoms with Crippen molar-refractivity contribution in [2.24, 2.45) is 0 Å². The number of imidazole rings is 1. The number of aromatic nitrogens is 3. The van der Waals surface area contributed by atoms with Gasteiger partial charge in [-0.15, -0.1) is 0 Å². The molecule has 0 radical (unpaired) electrons. The summed E-state index contributed by atoms with van der Waals surface area (Å²) in [5.41, 5.74) is 3.96. The molecule has 0 aliphatic heterocycles. The first kappa shape index (κ1) is 17.6. The van der Waals surface area contributed by atoms with Gasteiger partial charge in [0.2, 0.25) is 0 Å². The molecule has 0 spiro atoms. The summed E-state index contributed by atoms with van der Waals surface area (Å²) in [6.07, 6.45) is 0. The average Bonchev–Trinajstić information content (AvgIpc) is 3.04. The quantitative estimate of drug-likeness (QED) is 0.393. The maximum absolute atomic E-state index is 13.4. The standard InChI is InChI=1S/C24H16ClN3O/c1-15-26-22(17-10-6-3-7-11-17)23-24(29)27-21(16-8-4-2-5-9-16)19-14-18(25)12-13-20(19)28(15)23/h2-14H,1H3. The van der Waals surface area contributed by atoms with Gasteiger partial charge in [0.25, 0.3) is 5.56 Å². The molecule has 0 bridgehead atoms. The number of fused-ring (bicyclic) bond motifs is 3. The summed E-state index contributed by atoms with van der Waals surface area (Å²) in [7, 11) is 0. The topological polar surface area (TPSA) is 47.3 Å². The van der Waals surface area contributed by atoms with Crippen LogP contribution in [0.3, 0.4) is 0 Å². The van der Waals surface area contributed by atoms with E-state index in [0.717, 1.165) is 27.9 Å². The van der Waals surface area contributed by atoms with Gasteiger partial charge in [-0.25, -0.2) is 9.97 Å². The summed E-state index contributed by atoms with van der Waals surface area (Å²) in [6.45, 7) is 1.90. The molecule has 3 aromatic carbocycles. The Morgan fingerprint density at radius 2 is 1.41 bits per heavy atom. The van der Waals surface area contributed by atoms with Gasteiger partial charge in [-0.3, -0.25) is 9.20 Å². The molecular weight excluding hydrogens is 382 g/mol. The van der Waals surface area contributed by atoms with E-state index in [2.05, 4.69) is 4.98 Å². The second-order valence-corrected chi connectivity index (χ2v) is 7.29. The molecule has 0 unspecified atom stereocenters. The Morgan fingerprint density at radius 1 is 0.793 bits per heavy atom. The fourth-order valence-electron chi connectivity index (χ4n) is 3.75. The third-order valence-corrected chi connectivity index (χ3v) is 5.25. The van der Waals surface area contributed by atoms with Crippen LogP contribution < -0.4 is 5.56 Å². The van der Waals surface area contributed by atoms with E-state index in [1.165, 1.54) is 0 Å². The lowest BCUT2D eigenvalue weighted by atomic mass is 10.1. The molecule has 29 heavy (non-hydrogen) atoms. The first-order valence-corrected chi connectivity index (χ1v) is 9.65. The zero-order valence-corrected chi connectivity index (χ0v) is 16.4. The van der Waals surface area contributed by atoms with Crippen LogP contribution in [0, 0.1) is 6.92 Å². The van der Waals surface area contributed by atoms with Crippen molar-refractivity contribution in [3.8, 4) is 22.5 Å². The van der Waals surface area contributed by atoms with Crippen LogP contribution in [-0.2, 0) is 0 Å². The van der Waals surface area contributed by atoms with Crippen molar-refractivity contribution in [2.75, 3.05) is 0 Å². The summed E-state index contributed by atoms with van der Waals surface area (Å²) in [5.74, 6) is 0.722. The normalized spacial score (nSPS) is 11.2. The smallest absolute Gasteiger partial charge is 0.291 e. The fraction of sp³-hybridized carbons (Fsp3) is 0.0417. The highest BCUT2D eigenvalue weighted by Crippen LogP contribution is 2.31. The minimum atomic E-state index is -0.323. The first-order chi connectivity index (χ1) is 14.1. The average molecular weight is 398 g/mol. The van der Waals surface area contributed by atoms with Crippen LogP contribution in [0.5, 0.6) is 0 Å². The predicted octanol–water partition coefficient (Wildman–Crippen LogP) is 5.54. The molecule has 2 heterocycles. The Kier molecular flexibility index (Phi) is 4.14. The van der Waals surface area contributed by atoms with Gasteiger partial charge in [-0.05, 0) is 25.1 Å². The van der Waals surface area contributed by atoms with Crippen molar-refractivity contribution >= 4 is 28.0 Å². The predicted molar refractivity (Wildman–Crippen MR) is 117 cm³/mol. The lowest BCUT2D eigenvalue weighted by Gasteiger charge is -2.04. The highest BCUT2D eigenvalue weighted by Gasteiger charge is 2.18. The third kappa shape index (κ3) is 2.89. The van der Waals surface area contributed by atoms with Gasteiger partial charge < -0.3 is 0 Å². The number of hydrogen-bond donors (Lipinski definition) is 0. The van der Waals surface area contributed by atoms with Gasteiger partial charge in [0.05, 0.1) is 11.2 Å². The van der Waals surface area contributed by atoms with Crippen LogP contribution in [0.15, 0.2) is 83.7 Å². The molecule has 5 aromatic rings. The summed E-state index contributed by atoms with van der Waals surface area (Å²) < 4.78 is 1.88. The third-order valence-electron chi connectivity index (χ3n) is 5.01. The number of nitrogens with zero attached hydrogens (tertiary/aromatic N) is 3. The molecule has 140 valence electrons. The lowest BCUT2D eigenvalue weighted by molar-refractivity contribution is 1.08. The summed E-state index contributed by atoms with van der Waals surface area (Å²) in [5, 5.41) is 1.39. The molecule has 0 N–H and O–H groups in total. The van der Waals surface area contributed by atoms with Crippen LogP contribution in [0.2, 0.25) is 5.02 Å². The molecule has 0 atom stereocenters. The minimum Gasteiger partial charge on any atom is -0.291 e. The van der Waals surface area contributed by atoms with Gasteiger partial charge in [-0.2, -0.15) is 0 Å². The molecule has 5 heteroatoms. The maximum atomic E-state index is 13.4. The Bertz CT molecular complexity index is 1430. The van der Waals surface area contributed by atoms with Crippen molar-refractivity contribution < 1.29 is 0 Å². The highest BCUT2D eigenvalue weighted by molar-refractivity contribution is 6.31. The molecule has 5 rings (SSSR count). The van der Waals surface area contributed by atoms with Crippen molar-refractivity contribution in [1.29, 1.82) is 0 Å². The largest absolute Gasteiger partial charge is 0.296 e. The van der Waals surface area contributed by atoms with Crippen LogP contribution in [-0.4, -0.2) is 14.4 Å². The van der Waals surface area contributed by atoms with E-state index >= 15 is 0 Å². The second kappa shape index (κ2) is 6.83. The minimum absolute atomic E-state index is 0.323. The van der Waals surface area contributed by atoms with Gasteiger partial charge in [-0.1, -0.05) is 72.3 Å². The van der Waals surface area contributed by atoms with E-state index < -0.39 is 0 Å². The second-order valence-electron chi connectivity index (χ2n) is 6.85. The van der Waals surface area contributed by atoms with Crippen LogP contribution in [0.4, 0.5) is 0 Å². The van der Waals surface area contributed by atoms with Crippen molar-refractivity contribution in [3.63, 3.8) is 0 Å². The zero-order valence-electron chi connectivity index (χ0n) is 15.6. The maximum Gasteiger partial charge on any atom is 0.296 e. The van der Waals surface area contributed by atoms with E-state index in [1.54, 1.807) is 0 Å². The molecule has 0 saturated heterocycles. The van der Waals surface area contributed by atoms with Crippen molar-refractivity contribution in [3.05, 3.63) is 100 Å². The Hall–Kier alpha value is -3.50. The summed E-state index contributed by atoms with van der Waals surface area (Å²) in [6, 6.07) is 25.0. The van der Waals surface area contributed by atoms with Gasteiger partial charge in [0.1, 0.15) is 17.0 Å². The van der Waals surface area contributed by atoms with Gasteiger partial charge >= 0.3 is 0 Å². The van der Waals surface area contributed by atoms with Crippen LogP contribution in [0.25, 0.3) is 38.9 Å². The van der Waals surface area contributed by atoms with Gasteiger partial charge in [0, 0.05) is 21.5 Å². The van der Waals surface area contributed by atoms with E-state index in [9.17, 15) is 4.79 Å².